The number of nitrogens with zero attached hydrogens (tertiary/aromatic N) is 1. The van der Waals surface area contributed by atoms with Crippen molar-refractivity contribution in [3.05, 3.63) is 75.7 Å². The van der Waals surface area contributed by atoms with E-state index in [-0.39, 0.29) is 5.91 Å². The molecule has 0 spiro atoms. The number of halogens is 2. The first-order valence-electron chi connectivity index (χ1n) is 7.82. The van der Waals surface area contributed by atoms with Crippen LogP contribution in [0.2, 0.25) is 5.02 Å². The highest BCUT2D eigenvalue weighted by atomic mass is 79.9. The monoisotopic (exact) mass is 418 g/mol. The van der Waals surface area contributed by atoms with Crippen molar-refractivity contribution < 1.29 is 9.21 Å². The molecule has 0 saturated heterocycles. The van der Waals surface area contributed by atoms with Gasteiger partial charge < -0.3 is 9.73 Å². The molecule has 1 aromatic heterocycles. The van der Waals surface area contributed by atoms with Gasteiger partial charge in [0.15, 0.2) is 11.7 Å². The van der Waals surface area contributed by atoms with E-state index in [2.05, 4.69) is 26.2 Å². The van der Waals surface area contributed by atoms with Crippen LogP contribution < -0.4 is 5.32 Å². The summed E-state index contributed by atoms with van der Waals surface area (Å²) < 4.78 is 6.61. The molecule has 0 radical (unpaired) electrons. The highest BCUT2D eigenvalue weighted by Crippen LogP contribution is 2.22. The molecule has 0 saturated carbocycles. The molecule has 6 heteroatoms. The van der Waals surface area contributed by atoms with Crippen molar-refractivity contribution in [2.24, 2.45) is 0 Å². The zero-order valence-corrected chi connectivity index (χ0v) is 15.7. The number of hydrogen-bond acceptors (Lipinski definition) is 3. The van der Waals surface area contributed by atoms with E-state index < -0.39 is 0 Å². The third-order valence-corrected chi connectivity index (χ3v) is 4.51. The maximum atomic E-state index is 12.0. The molecule has 0 aliphatic heterocycles. The van der Waals surface area contributed by atoms with Crippen molar-refractivity contribution in [2.75, 3.05) is 0 Å². The van der Waals surface area contributed by atoms with Crippen LogP contribution in [0.1, 0.15) is 17.9 Å². The molecule has 0 aliphatic carbocycles. The number of benzene rings is 2. The lowest BCUT2D eigenvalue weighted by atomic mass is 10.2. The van der Waals surface area contributed by atoms with Gasteiger partial charge in [0.1, 0.15) is 0 Å². The molecule has 0 bridgehead atoms. The second kappa shape index (κ2) is 8.32. The molecule has 4 nitrogen and oxygen atoms in total. The summed E-state index contributed by atoms with van der Waals surface area (Å²) in [6, 6.07) is 15.3. The second-order valence-corrected chi connectivity index (χ2v) is 6.82. The SMILES string of the molecule is O=C(CCc1ncc(-c2ccccc2)o1)NCc1ccc(Br)cc1Cl. The van der Waals surface area contributed by atoms with Crippen LogP contribution in [0.5, 0.6) is 0 Å². The minimum atomic E-state index is -0.0709. The van der Waals surface area contributed by atoms with E-state index in [4.69, 9.17) is 16.0 Å². The predicted molar refractivity (Wildman–Crippen MR) is 101 cm³/mol. The molecule has 3 rings (SSSR count). The van der Waals surface area contributed by atoms with Gasteiger partial charge in [0.2, 0.25) is 5.91 Å². The Morgan fingerprint density at radius 3 is 2.76 bits per heavy atom. The smallest absolute Gasteiger partial charge is 0.220 e. The molecule has 1 amide bonds. The Labute approximate surface area is 159 Å². The Morgan fingerprint density at radius 1 is 1.20 bits per heavy atom. The number of amides is 1. The van der Waals surface area contributed by atoms with Gasteiger partial charge in [-0.2, -0.15) is 0 Å². The summed E-state index contributed by atoms with van der Waals surface area (Å²) in [5, 5.41) is 3.48. The maximum absolute atomic E-state index is 12.0. The van der Waals surface area contributed by atoms with Crippen LogP contribution in [0.15, 0.2) is 63.6 Å². The third kappa shape index (κ3) is 4.94. The standard InChI is InChI=1S/C19H16BrClN2O2/c20-15-7-6-14(16(21)10-15)11-22-18(24)8-9-19-23-12-17(25-19)13-4-2-1-3-5-13/h1-7,10,12H,8-9,11H2,(H,22,24). The van der Waals surface area contributed by atoms with Crippen LogP contribution in [0.25, 0.3) is 11.3 Å². The number of oxazole rings is 1. The maximum Gasteiger partial charge on any atom is 0.220 e. The quantitative estimate of drug-likeness (QED) is 0.611. The number of rotatable bonds is 6. The fourth-order valence-electron chi connectivity index (χ4n) is 2.33. The molecule has 25 heavy (non-hydrogen) atoms. The Morgan fingerprint density at radius 2 is 2.00 bits per heavy atom. The summed E-state index contributed by atoms with van der Waals surface area (Å²) in [6.07, 6.45) is 2.44. The van der Waals surface area contributed by atoms with Gasteiger partial charge in [0, 0.05) is 34.4 Å². The van der Waals surface area contributed by atoms with E-state index in [0.717, 1.165) is 15.6 Å². The first-order valence-corrected chi connectivity index (χ1v) is 8.99. The molecule has 1 heterocycles. The molecule has 128 valence electrons. The van der Waals surface area contributed by atoms with Gasteiger partial charge in [0.25, 0.3) is 0 Å². The Bertz CT molecular complexity index is 865. The van der Waals surface area contributed by atoms with Gasteiger partial charge in [-0.1, -0.05) is 63.9 Å². The molecule has 0 fully saturated rings. The van der Waals surface area contributed by atoms with Gasteiger partial charge in [-0.3, -0.25) is 4.79 Å². The zero-order chi connectivity index (χ0) is 17.6. The Hall–Kier alpha value is -2.11. The van der Waals surface area contributed by atoms with Gasteiger partial charge >= 0.3 is 0 Å². The van der Waals surface area contributed by atoms with Gasteiger partial charge in [-0.05, 0) is 17.7 Å². The highest BCUT2D eigenvalue weighted by molar-refractivity contribution is 9.10. The lowest BCUT2D eigenvalue weighted by molar-refractivity contribution is -0.121. The van der Waals surface area contributed by atoms with Crippen LogP contribution in [0, 0.1) is 0 Å². The normalized spacial score (nSPS) is 10.6. The van der Waals surface area contributed by atoms with Crippen LogP contribution in [0.3, 0.4) is 0 Å². The molecule has 2 aromatic carbocycles. The third-order valence-electron chi connectivity index (χ3n) is 3.67. The van der Waals surface area contributed by atoms with Crippen molar-refractivity contribution >= 4 is 33.4 Å². The van der Waals surface area contributed by atoms with Crippen molar-refractivity contribution in [3.8, 4) is 11.3 Å². The summed E-state index contributed by atoms with van der Waals surface area (Å²) in [5.41, 5.74) is 1.84. The van der Waals surface area contributed by atoms with Gasteiger partial charge in [-0.15, -0.1) is 0 Å². The number of nitrogens with one attached hydrogen (secondary N) is 1. The molecular formula is C19H16BrClN2O2. The van der Waals surface area contributed by atoms with Crippen LogP contribution in [0.4, 0.5) is 0 Å². The lowest BCUT2D eigenvalue weighted by Gasteiger charge is -2.07. The number of carbonyl (C=O) groups is 1. The molecule has 1 N–H and O–H groups in total. The van der Waals surface area contributed by atoms with E-state index in [1.54, 1.807) is 12.3 Å². The average molecular weight is 420 g/mol. The molecule has 0 unspecified atom stereocenters. The predicted octanol–water partition coefficient (Wildman–Crippen LogP) is 5.01. The van der Waals surface area contributed by atoms with E-state index >= 15 is 0 Å². The summed E-state index contributed by atoms with van der Waals surface area (Å²) >= 11 is 9.50. The topological polar surface area (TPSA) is 55.1 Å². The van der Waals surface area contributed by atoms with Crippen LogP contribution in [-0.2, 0) is 17.8 Å². The van der Waals surface area contributed by atoms with E-state index in [1.165, 1.54) is 0 Å². The first kappa shape index (κ1) is 17.7. The summed E-state index contributed by atoms with van der Waals surface area (Å²) in [4.78, 5) is 16.2. The lowest BCUT2D eigenvalue weighted by Crippen LogP contribution is -2.23. The zero-order valence-electron chi connectivity index (χ0n) is 13.3. The molecule has 0 aliphatic rings. The fraction of sp³-hybridized carbons (Fsp3) is 0.158. The van der Waals surface area contributed by atoms with Crippen molar-refractivity contribution in [3.63, 3.8) is 0 Å². The van der Waals surface area contributed by atoms with Crippen molar-refractivity contribution in [2.45, 2.75) is 19.4 Å². The first-order chi connectivity index (χ1) is 12.1. The largest absolute Gasteiger partial charge is 0.441 e. The Kier molecular flexibility index (Phi) is 5.89. The molecule has 3 aromatic rings. The minimum absolute atomic E-state index is 0.0709. The number of aryl methyl sites for hydroxylation is 1. The highest BCUT2D eigenvalue weighted by Gasteiger charge is 2.09. The summed E-state index contributed by atoms with van der Waals surface area (Å²) in [7, 11) is 0. The van der Waals surface area contributed by atoms with Crippen LogP contribution in [-0.4, -0.2) is 10.9 Å². The van der Waals surface area contributed by atoms with Gasteiger partial charge in [-0.25, -0.2) is 4.98 Å². The van der Waals surface area contributed by atoms with Crippen LogP contribution >= 0.6 is 27.5 Å². The Balaban J connectivity index is 1.50. The van der Waals surface area contributed by atoms with Gasteiger partial charge in [0.05, 0.1) is 6.20 Å². The second-order valence-electron chi connectivity index (χ2n) is 5.50. The summed E-state index contributed by atoms with van der Waals surface area (Å²) in [6.45, 7) is 0.395. The van der Waals surface area contributed by atoms with E-state index in [0.29, 0.717) is 36.1 Å². The van der Waals surface area contributed by atoms with Crippen molar-refractivity contribution in [1.29, 1.82) is 0 Å². The van der Waals surface area contributed by atoms with E-state index in [1.807, 2.05) is 42.5 Å². The molecule has 0 atom stereocenters. The number of hydrogen-bond donors (Lipinski definition) is 1. The summed E-state index contributed by atoms with van der Waals surface area (Å²) in [5.74, 6) is 1.19. The number of carbonyl (C=O) groups excluding carboxylic acids is 1. The average Bonchev–Trinajstić information content (AvgIpc) is 3.09. The molecular weight excluding hydrogens is 404 g/mol. The minimum Gasteiger partial charge on any atom is -0.441 e. The van der Waals surface area contributed by atoms with E-state index in [9.17, 15) is 4.79 Å². The van der Waals surface area contributed by atoms with Crippen molar-refractivity contribution in [1.82, 2.24) is 10.3 Å². The number of aromatic nitrogens is 1. The fourth-order valence-corrected chi connectivity index (χ4v) is 3.07.